The topological polar surface area (TPSA) is 106 Å². The van der Waals surface area contributed by atoms with Gasteiger partial charge in [0.1, 0.15) is 40.8 Å². The zero-order valence-electron chi connectivity index (χ0n) is 21.3. The van der Waals surface area contributed by atoms with E-state index in [0.717, 1.165) is 30.7 Å². The number of carbonyl (C=O) groups is 1. The van der Waals surface area contributed by atoms with Crippen molar-refractivity contribution in [1.82, 2.24) is 15.1 Å². The summed E-state index contributed by atoms with van der Waals surface area (Å²) in [5.74, 6) is -2.20. The number of nitriles is 1. The number of fused-ring (bicyclic) bond motifs is 1. The maximum absolute atomic E-state index is 13.8. The maximum Gasteiger partial charge on any atom is 0.410 e. The molecule has 0 radical (unpaired) electrons. The molecule has 2 unspecified atom stereocenters. The summed E-state index contributed by atoms with van der Waals surface area (Å²) in [6, 6.07) is 7.04. The molecule has 1 heterocycles. The lowest BCUT2D eigenvalue weighted by atomic mass is 10.0. The van der Waals surface area contributed by atoms with Crippen molar-refractivity contribution in [2.45, 2.75) is 38.0 Å². The van der Waals surface area contributed by atoms with Gasteiger partial charge < -0.3 is 15.8 Å². The number of ether oxygens (including phenoxy) is 1. The second kappa shape index (κ2) is 8.94. The van der Waals surface area contributed by atoms with E-state index >= 15 is 0 Å². The van der Waals surface area contributed by atoms with Crippen molar-refractivity contribution >= 4 is 11.7 Å². The van der Waals surface area contributed by atoms with Crippen LogP contribution in [-0.4, -0.2) is 28.9 Å². The minimum Gasteiger partial charge on any atom is -0.496 e. The van der Waals surface area contributed by atoms with E-state index in [2.05, 4.69) is 10.4 Å². The van der Waals surface area contributed by atoms with Crippen LogP contribution >= 0.6 is 0 Å². The molecule has 7 nitrogen and oxygen atoms in total. The molecule has 182 valence electrons. The van der Waals surface area contributed by atoms with Crippen LogP contribution in [0.5, 0.6) is 5.75 Å². The number of methoxy groups -OCH3 is 1. The van der Waals surface area contributed by atoms with E-state index in [1.54, 1.807) is 18.2 Å². The number of carbonyl (C=O) groups excluding carboxylic acids is 1. The van der Waals surface area contributed by atoms with E-state index < -0.39 is 42.8 Å². The first-order chi connectivity index (χ1) is 17.7. The summed E-state index contributed by atoms with van der Waals surface area (Å²) in [4.78, 5) is 12.9. The fraction of sp³-hybridized carbons (Fsp3) is 0.292. The average Bonchev–Trinajstić information content (AvgIpc) is 3.38. The molecule has 0 spiro atoms. The molecule has 3 aromatic rings. The summed E-state index contributed by atoms with van der Waals surface area (Å²) in [6.07, 6.45) is -3.70. The molecule has 0 saturated carbocycles. The Hall–Kier alpha value is -4.07. The lowest BCUT2D eigenvalue weighted by Crippen LogP contribution is -2.27. The number of nitrogens with zero attached hydrogens (tertiary/aromatic N) is 3. The summed E-state index contributed by atoms with van der Waals surface area (Å²) < 4.78 is 80.8. The van der Waals surface area contributed by atoms with Gasteiger partial charge in [-0.3, -0.25) is 4.79 Å². The van der Waals surface area contributed by atoms with Gasteiger partial charge in [0.05, 0.1) is 22.8 Å². The van der Waals surface area contributed by atoms with Crippen LogP contribution < -0.4 is 15.8 Å². The Morgan fingerprint density at radius 2 is 2.14 bits per heavy atom. The molecule has 2 aromatic carbocycles. The third-order valence-electron chi connectivity index (χ3n) is 6.00. The number of amides is 1. The summed E-state index contributed by atoms with van der Waals surface area (Å²) in [6.45, 7) is 0.886. The molecule has 0 saturated heterocycles. The zero-order chi connectivity index (χ0) is 28.0. The van der Waals surface area contributed by atoms with Gasteiger partial charge in [-0.1, -0.05) is 12.1 Å². The van der Waals surface area contributed by atoms with Crippen molar-refractivity contribution in [1.29, 1.82) is 5.26 Å². The van der Waals surface area contributed by atoms with E-state index in [-0.39, 0.29) is 22.6 Å². The zero-order valence-corrected chi connectivity index (χ0v) is 18.3. The Kier molecular flexibility index (Phi) is 5.19. The standard InChI is InChI=1S/C24H21F4N5O2/c1-12(24(26,27)28)33-22(30)18(11-29)21(32-33)14-3-6-16-13(9-14)4-7-19(16)31-23(34)17-10-15(25)5-8-20(17)35-2/h3,5-6,8-10,12,19H,4,7,30H2,1-2H3,(H,31,34)/i2D3. The van der Waals surface area contributed by atoms with Gasteiger partial charge in [0, 0.05) is 5.56 Å². The second-order valence-corrected chi connectivity index (χ2v) is 8.10. The Bertz CT molecular complexity index is 1450. The van der Waals surface area contributed by atoms with Crippen molar-refractivity contribution in [3.8, 4) is 23.1 Å². The molecule has 35 heavy (non-hydrogen) atoms. The number of alkyl halides is 3. The van der Waals surface area contributed by atoms with Crippen LogP contribution in [0.25, 0.3) is 11.3 Å². The number of aryl methyl sites for hydroxylation is 1. The number of hydrogen-bond acceptors (Lipinski definition) is 5. The minimum absolute atomic E-state index is 0.00241. The van der Waals surface area contributed by atoms with E-state index in [1.807, 2.05) is 6.07 Å². The van der Waals surface area contributed by atoms with E-state index in [9.17, 15) is 27.6 Å². The number of benzene rings is 2. The van der Waals surface area contributed by atoms with Gasteiger partial charge in [0.15, 0.2) is 0 Å². The number of hydrogen-bond donors (Lipinski definition) is 2. The first-order valence-electron chi connectivity index (χ1n) is 12.0. The number of nitrogens with one attached hydrogen (secondary N) is 1. The number of nitrogen functional groups attached to an aromatic ring is 1. The van der Waals surface area contributed by atoms with Crippen LogP contribution in [0.3, 0.4) is 0 Å². The molecule has 1 aliphatic rings. The fourth-order valence-corrected chi connectivity index (χ4v) is 4.11. The van der Waals surface area contributed by atoms with Crippen molar-refractivity contribution in [2.75, 3.05) is 12.8 Å². The summed E-state index contributed by atoms with van der Waals surface area (Å²) >= 11 is 0. The number of halogens is 4. The monoisotopic (exact) mass is 490 g/mol. The first-order valence-corrected chi connectivity index (χ1v) is 10.5. The van der Waals surface area contributed by atoms with Gasteiger partial charge in [-0.25, -0.2) is 9.07 Å². The minimum atomic E-state index is -4.62. The Labute approximate surface area is 202 Å². The van der Waals surface area contributed by atoms with Gasteiger partial charge in [-0.2, -0.15) is 23.5 Å². The third-order valence-corrected chi connectivity index (χ3v) is 6.00. The number of rotatable bonds is 5. The van der Waals surface area contributed by atoms with Crippen LogP contribution in [0, 0.1) is 17.1 Å². The molecule has 4 rings (SSSR count). The molecule has 0 fully saturated rings. The van der Waals surface area contributed by atoms with E-state index in [4.69, 9.17) is 14.6 Å². The molecule has 0 aliphatic heterocycles. The third kappa shape index (κ3) is 4.39. The largest absolute Gasteiger partial charge is 0.496 e. The second-order valence-electron chi connectivity index (χ2n) is 8.10. The van der Waals surface area contributed by atoms with Crippen molar-refractivity contribution < 1.29 is 31.2 Å². The highest BCUT2D eigenvalue weighted by Gasteiger charge is 2.40. The van der Waals surface area contributed by atoms with Crippen LogP contribution in [0.4, 0.5) is 23.4 Å². The highest BCUT2D eigenvalue weighted by Crippen LogP contribution is 2.38. The molecule has 0 bridgehead atoms. The van der Waals surface area contributed by atoms with Crippen LogP contribution in [0.1, 0.15) is 56.6 Å². The van der Waals surface area contributed by atoms with Crippen molar-refractivity contribution in [2.24, 2.45) is 0 Å². The Balaban J connectivity index is 1.62. The van der Waals surface area contributed by atoms with Crippen LogP contribution in [0.2, 0.25) is 0 Å². The Morgan fingerprint density at radius 3 is 2.83 bits per heavy atom. The highest BCUT2D eigenvalue weighted by atomic mass is 19.4. The SMILES string of the molecule is [2H]C([2H])([2H])Oc1ccc(F)cc1C(=O)NC1CCc2cc(-c3nn(C(C)C(F)(F)F)c(N)c3C#N)ccc21. The van der Waals surface area contributed by atoms with E-state index in [0.29, 0.717) is 28.7 Å². The maximum atomic E-state index is 13.8. The average molecular weight is 490 g/mol. The smallest absolute Gasteiger partial charge is 0.410 e. The molecule has 3 N–H and O–H groups in total. The first kappa shape index (κ1) is 20.3. The van der Waals surface area contributed by atoms with Gasteiger partial charge in [-0.05, 0) is 55.2 Å². The number of aromatic nitrogens is 2. The number of nitrogens with two attached hydrogens (primary N) is 1. The predicted octanol–water partition coefficient (Wildman–Crippen LogP) is 4.69. The molecule has 1 amide bonds. The normalized spacial score (nSPS) is 17.5. The molecule has 2 atom stereocenters. The fourth-order valence-electron chi connectivity index (χ4n) is 4.11. The quantitative estimate of drug-likeness (QED) is 0.505. The molecule has 11 heteroatoms. The van der Waals surface area contributed by atoms with Crippen LogP contribution in [0.15, 0.2) is 36.4 Å². The van der Waals surface area contributed by atoms with Gasteiger partial charge in [-0.15, -0.1) is 0 Å². The molecule has 1 aliphatic carbocycles. The lowest BCUT2D eigenvalue weighted by molar-refractivity contribution is -0.164. The van der Waals surface area contributed by atoms with Crippen molar-refractivity contribution in [3.05, 3.63) is 64.5 Å². The number of anilines is 1. The molecular weight excluding hydrogens is 466 g/mol. The van der Waals surface area contributed by atoms with Crippen molar-refractivity contribution in [3.63, 3.8) is 0 Å². The van der Waals surface area contributed by atoms with E-state index in [1.165, 1.54) is 0 Å². The summed E-state index contributed by atoms with van der Waals surface area (Å²) in [7, 11) is -2.85. The Morgan fingerprint density at radius 1 is 1.37 bits per heavy atom. The van der Waals surface area contributed by atoms with Crippen LogP contribution in [-0.2, 0) is 6.42 Å². The van der Waals surface area contributed by atoms with Gasteiger partial charge in [0.25, 0.3) is 5.91 Å². The predicted molar refractivity (Wildman–Crippen MR) is 119 cm³/mol. The molecular formula is C24H21F4N5O2. The van der Waals surface area contributed by atoms with Gasteiger partial charge in [0.2, 0.25) is 0 Å². The van der Waals surface area contributed by atoms with Gasteiger partial charge >= 0.3 is 6.18 Å². The summed E-state index contributed by atoms with van der Waals surface area (Å²) in [5, 5.41) is 16.3. The summed E-state index contributed by atoms with van der Waals surface area (Å²) in [5.41, 5.74) is 7.18. The lowest BCUT2D eigenvalue weighted by Gasteiger charge is -2.17. The highest BCUT2D eigenvalue weighted by molar-refractivity contribution is 5.97. The molecule has 1 aromatic heterocycles.